The van der Waals surface area contributed by atoms with Gasteiger partial charge in [-0.25, -0.2) is 13.1 Å². The average molecular weight is 332 g/mol. The summed E-state index contributed by atoms with van der Waals surface area (Å²) in [6, 6.07) is 8.00. The second-order valence-corrected chi connectivity index (χ2v) is 7.58. The first-order valence-electron chi connectivity index (χ1n) is 7.20. The van der Waals surface area contributed by atoms with Crippen LogP contribution in [0.2, 0.25) is 5.02 Å². The highest BCUT2D eigenvalue weighted by Gasteiger charge is 2.25. The molecular formula is C14H22ClN3O2S. The van der Waals surface area contributed by atoms with Gasteiger partial charge in [-0.05, 0) is 18.6 Å². The smallest absolute Gasteiger partial charge is 0.211 e. The number of hydrogen-bond acceptors (Lipinski definition) is 4. The standard InChI is InChI=1S/C14H22ClN3O2S/c1-2-21(19,20)17-8-10-18-9-7-16-11-14(18)12-5-3-4-6-13(12)15/h3-6,14,16-17H,2,7-11H2,1H3. The van der Waals surface area contributed by atoms with E-state index < -0.39 is 10.0 Å². The van der Waals surface area contributed by atoms with E-state index in [1.54, 1.807) is 6.92 Å². The summed E-state index contributed by atoms with van der Waals surface area (Å²) in [5.41, 5.74) is 1.09. The van der Waals surface area contributed by atoms with Gasteiger partial charge in [0.05, 0.1) is 5.75 Å². The minimum absolute atomic E-state index is 0.114. The lowest BCUT2D eigenvalue weighted by molar-refractivity contribution is 0.165. The first-order chi connectivity index (χ1) is 10.0. The lowest BCUT2D eigenvalue weighted by atomic mass is 10.0. The van der Waals surface area contributed by atoms with E-state index in [0.29, 0.717) is 13.1 Å². The molecule has 0 amide bonds. The molecule has 0 spiro atoms. The van der Waals surface area contributed by atoms with Crippen LogP contribution in [0.3, 0.4) is 0 Å². The lowest BCUT2D eigenvalue weighted by Crippen LogP contribution is -2.48. The molecule has 1 aliphatic rings. The van der Waals surface area contributed by atoms with Crippen LogP contribution in [-0.4, -0.2) is 51.8 Å². The molecule has 1 unspecified atom stereocenters. The maximum absolute atomic E-state index is 11.5. The SMILES string of the molecule is CCS(=O)(=O)NCCN1CCNCC1c1ccccc1Cl. The van der Waals surface area contributed by atoms with Gasteiger partial charge in [0.1, 0.15) is 0 Å². The molecule has 1 heterocycles. The van der Waals surface area contributed by atoms with Crippen molar-refractivity contribution in [3.63, 3.8) is 0 Å². The van der Waals surface area contributed by atoms with Gasteiger partial charge in [0.15, 0.2) is 0 Å². The van der Waals surface area contributed by atoms with Crippen LogP contribution in [0.1, 0.15) is 18.5 Å². The number of rotatable bonds is 6. The number of piperazine rings is 1. The Kier molecular flexibility index (Phi) is 6.01. The zero-order chi connectivity index (χ0) is 15.3. The fourth-order valence-electron chi connectivity index (χ4n) is 2.51. The van der Waals surface area contributed by atoms with Gasteiger partial charge < -0.3 is 5.32 Å². The second kappa shape index (κ2) is 7.56. The van der Waals surface area contributed by atoms with Crippen LogP contribution in [0.5, 0.6) is 0 Å². The number of nitrogens with one attached hydrogen (secondary N) is 2. The lowest BCUT2D eigenvalue weighted by Gasteiger charge is -2.36. The summed E-state index contributed by atoms with van der Waals surface area (Å²) in [6.07, 6.45) is 0. The Morgan fingerprint density at radius 1 is 1.43 bits per heavy atom. The van der Waals surface area contributed by atoms with Crippen molar-refractivity contribution in [3.05, 3.63) is 34.9 Å². The predicted octanol–water partition coefficient (Wildman–Crippen LogP) is 1.23. The predicted molar refractivity (Wildman–Crippen MR) is 86.1 cm³/mol. The quantitative estimate of drug-likeness (QED) is 0.823. The highest BCUT2D eigenvalue weighted by Crippen LogP contribution is 2.27. The van der Waals surface area contributed by atoms with Crippen molar-refractivity contribution in [3.8, 4) is 0 Å². The monoisotopic (exact) mass is 331 g/mol. The molecule has 0 bridgehead atoms. The molecule has 1 atom stereocenters. The molecule has 21 heavy (non-hydrogen) atoms. The first kappa shape index (κ1) is 16.7. The fraction of sp³-hybridized carbons (Fsp3) is 0.571. The molecule has 1 aromatic rings. The third-order valence-electron chi connectivity index (χ3n) is 3.72. The third kappa shape index (κ3) is 4.66. The zero-order valence-corrected chi connectivity index (χ0v) is 13.8. The molecule has 0 aliphatic carbocycles. The Balaban J connectivity index is 2.01. The Hall–Kier alpha value is -0.660. The van der Waals surface area contributed by atoms with E-state index in [-0.39, 0.29) is 11.8 Å². The van der Waals surface area contributed by atoms with Crippen LogP contribution in [0.15, 0.2) is 24.3 Å². The summed E-state index contributed by atoms with van der Waals surface area (Å²) in [7, 11) is -3.13. The maximum Gasteiger partial charge on any atom is 0.211 e. The van der Waals surface area contributed by atoms with E-state index in [9.17, 15) is 8.42 Å². The molecule has 0 aromatic heterocycles. The van der Waals surface area contributed by atoms with Gasteiger partial charge in [-0.3, -0.25) is 4.90 Å². The third-order valence-corrected chi connectivity index (χ3v) is 5.47. The average Bonchev–Trinajstić information content (AvgIpc) is 2.48. The molecule has 1 saturated heterocycles. The van der Waals surface area contributed by atoms with E-state index >= 15 is 0 Å². The van der Waals surface area contributed by atoms with Crippen LogP contribution in [-0.2, 0) is 10.0 Å². The van der Waals surface area contributed by atoms with Gasteiger partial charge in [0.2, 0.25) is 10.0 Å². The van der Waals surface area contributed by atoms with E-state index in [0.717, 1.165) is 30.2 Å². The summed E-state index contributed by atoms with van der Waals surface area (Å²) in [5, 5.41) is 4.12. The minimum Gasteiger partial charge on any atom is -0.314 e. The summed E-state index contributed by atoms with van der Waals surface area (Å²) in [5.74, 6) is 0.114. The molecule has 7 heteroatoms. The maximum atomic E-state index is 11.5. The normalized spacial score (nSPS) is 20.6. The van der Waals surface area contributed by atoms with Crippen molar-refractivity contribution < 1.29 is 8.42 Å². The highest BCUT2D eigenvalue weighted by atomic mass is 35.5. The largest absolute Gasteiger partial charge is 0.314 e. The van der Waals surface area contributed by atoms with Gasteiger partial charge in [0.25, 0.3) is 0 Å². The molecule has 5 nitrogen and oxygen atoms in total. The van der Waals surface area contributed by atoms with Crippen molar-refractivity contribution in [1.29, 1.82) is 0 Å². The van der Waals surface area contributed by atoms with Gasteiger partial charge >= 0.3 is 0 Å². The summed E-state index contributed by atoms with van der Waals surface area (Å²) in [6.45, 7) is 5.35. The molecule has 2 rings (SSSR count). The molecule has 118 valence electrons. The Labute approximate surface area is 131 Å². The number of hydrogen-bond donors (Lipinski definition) is 2. The van der Waals surface area contributed by atoms with E-state index in [1.165, 1.54) is 0 Å². The molecule has 1 aromatic carbocycles. The highest BCUT2D eigenvalue weighted by molar-refractivity contribution is 7.89. The number of halogens is 1. The summed E-state index contributed by atoms with van der Waals surface area (Å²) in [4.78, 5) is 2.27. The second-order valence-electron chi connectivity index (χ2n) is 5.08. The minimum atomic E-state index is -3.13. The molecule has 1 fully saturated rings. The summed E-state index contributed by atoms with van der Waals surface area (Å²) < 4.78 is 25.6. The first-order valence-corrected chi connectivity index (χ1v) is 9.23. The topological polar surface area (TPSA) is 61.4 Å². The van der Waals surface area contributed by atoms with Crippen LogP contribution >= 0.6 is 11.6 Å². The number of nitrogens with zero attached hydrogens (tertiary/aromatic N) is 1. The molecule has 0 radical (unpaired) electrons. The van der Waals surface area contributed by atoms with Crippen molar-refractivity contribution in [2.75, 3.05) is 38.5 Å². The molecule has 1 aliphatic heterocycles. The molecular weight excluding hydrogens is 310 g/mol. The number of benzene rings is 1. The number of sulfonamides is 1. The van der Waals surface area contributed by atoms with Crippen molar-refractivity contribution >= 4 is 21.6 Å². The van der Waals surface area contributed by atoms with Gasteiger partial charge in [0, 0.05) is 43.8 Å². The van der Waals surface area contributed by atoms with Crippen molar-refractivity contribution in [1.82, 2.24) is 14.9 Å². The molecule has 0 saturated carbocycles. The van der Waals surface area contributed by atoms with Crippen LogP contribution in [0, 0.1) is 0 Å². The van der Waals surface area contributed by atoms with Gasteiger partial charge in [-0.1, -0.05) is 29.8 Å². The Morgan fingerprint density at radius 3 is 2.90 bits per heavy atom. The van der Waals surface area contributed by atoms with E-state index in [1.807, 2.05) is 24.3 Å². The van der Waals surface area contributed by atoms with Crippen molar-refractivity contribution in [2.24, 2.45) is 0 Å². The van der Waals surface area contributed by atoms with Crippen LogP contribution < -0.4 is 10.0 Å². The van der Waals surface area contributed by atoms with Crippen LogP contribution in [0.25, 0.3) is 0 Å². The van der Waals surface area contributed by atoms with E-state index in [2.05, 4.69) is 14.9 Å². The van der Waals surface area contributed by atoms with Crippen molar-refractivity contribution in [2.45, 2.75) is 13.0 Å². The Morgan fingerprint density at radius 2 is 2.19 bits per heavy atom. The summed E-state index contributed by atoms with van der Waals surface area (Å²) >= 11 is 6.29. The van der Waals surface area contributed by atoms with E-state index in [4.69, 9.17) is 11.6 Å². The zero-order valence-electron chi connectivity index (χ0n) is 12.2. The van der Waals surface area contributed by atoms with Crippen LogP contribution in [0.4, 0.5) is 0 Å². The van der Waals surface area contributed by atoms with Gasteiger partial charge in [-0.2, -0.15) is 0 Å². The molecule has 2 N–H and O–H groups in total. The van der Waals surface area contributed by atoms with Gasteiger partial charge in [-0.15, -0.1) is 0 Å². The fourth-order valence-corrected chi connectivity index (χ4v) is 3.38. The Bertz CT molecular complexity index is 565.